The molecule has 2 nitrogen and oxygen atoms in total. The third-order valence-corrected chi connectivity index (χ3v) is 2.40. The van der Waals surface area contributed by atoms with Crippen LogP contribution in [0.4, 0.5) is 5.69 Å². The van der Waals surface area contributed by atoms with Gasteiger partial charge >= 0.3 is 0 Å². The molecule has 2 heteroatoms. The number of hydrogen-bond donors (Lipinski definition) is 2. The predicted octanol–water partition coefficient (Wildman–Crippen LogP) is 3.57. The van der Waals surface area contributed by atoms with Gasteiger partial charge in [-0.3, -0.25) is 0 Å². The van der Waals surface area contributed by atoms with E-state index in [4.69, 9.17) is 18.1 Å². The second kappa shape index (κ2) is 3.69. The minimum atomic E-state index is -3.39. The number of phenols is 1. The van der Waals surface area contributed by atoms with E-state index in [1.54, 1.807) is 20.8 Å². The van der Waals surface area contributed by atoms with Crippen LogP contribution in [0.1, 0.15) is 64.8 Å². The van der Waals surface area contributed by atoms with Gasteiger partial charge < -0.3 is 10.8 Å². The lowest BCUT2D eigenvalue weighted by Gasteiger charge is -2.26. The van der Waals surface area contributed by atoms with Crippen molar-refractivity contribution in [2.24, 2.45) is 0 Å². The molecule has 0 bridgehead atoms. The standard InChI is InChI=1S/C14H23NO/c1-13(2,3)9-7-10(14(4,5)6)12(15)11(16)8-9/h7-8,16H,15H2,1-6H3/i1D3,2D3,3D3. The summed E-state index contributed by atoms with van der Waals surface area (Å²) < 4.78 is 69.6. The quantitative estimate of drug-likeness (QED) is 0.528. The van der Waals surface area contributed by atoms with Crippen molar-refractivity contribution >= 4 is 5.69 Å². The number of phenolic OH excluding ortho intramolecular Hbond substituents is 1. The van der Waals surface area contributed by atoms with Crippen LogP contribution in [0.25, 0.3) is 0 Å². The van der Waals surface area contributed by atoms with Gasteiger partial charge in [0.2, 0.25) is 0 Å². The van der Waals surface area contributed by atoms with Gasteiger partial charge in [0.25, 0.3) is 0 Å². The van der Waals surface area contributed by atoms with Gasteiger partial charge in [0.05, 0.1) is 5.69 Å². The fourth-order valence-electron chi connectivity index (χ4n) is 1.47. The van der Waals surface area contributed by atoms with Crippen LogP contribution in [0.5, 0.6) is 5.75 Å². The molecule has 0 spiro atoms. The van der Waals surface area contributed by atoms with Crippen molar-refractivity contribution in [2.45, 2.75) is 52.2 Å². The monoisotopic (exact) mass is 230 g/mol. The lowest BCUT2D eigenvalue weighted by atomic mass is 9.79. The van der Waals surface area contributed by atoms with Crippen molar-refractivity contribution in [2.75, 3.05) is 5.73 Å². The molecule has 0 radical (unpaired) electrons. The molecule has 0 aromatic heterocycles. The average Bonchev–Trinajstić information content (AvgIpc) is 2.26. The highest BCUT2D eigenvalue weighted by Crippen LogP contribution is 2.37. The van der Waals surface area contributed by atoms with Crippen molar-refractivity contribution in [1.29, 1.82) is 0 Å². The zero-order valence-corrected chi connectivity index (χ0v) is 9.68. The molecular formula is C14H23NO. The first-order valence-electron chi connectivity index (χ1n) is 9.42. The molecule has 90 valence electrons. The second-order valence-corrected chi connectivity index (χ2v) is 4.96. The van der Waals surface area contributed by atoms with E-state index >= 15 is 0 Å². The molecule has 1 aromatic carbocycles. The van der Waals surface area contributed by atoms with E-state index in [1.165, 1.54) is 6.07 Å². The Morgan fingerprint density at radius 3 is 2.12 bits per heavy atom. The minimum Gasteiger partial charge on any atom is -0.506 e. The molecule has 1 aromatic rings. The van der Waals surface area contributed by atoms with Crippen molar-refractivity contribution in [1.82, 2.24) is 0 Å². The summed E-state index contributed by atoms with van der Waals surface area (Å²) in [7, 11) is 0. The summed E-state index contributed by atoms with van der Waals surface area (Å²) in [6.07, 6.45) is 0. The van der Waals surface area contributed by atoms with Crippen LogP contribution in [-0.2, 0) is 10.8 Å². The molecule has 0 aliphatic rings. The molecule has 0 aliphatic carbocycles. The van der Waals surface area contributed by atoms with Crippen LogP contribution in [0.15, 0.2) is 12.1 Å². The number of hydrogen-bond acceptors (Lipinski definition) is 2. The number of benzene rings is 1. The first kappa shape index (κ1) is 4.99. The Morgan fingerprint density at radius 1 is 1.12 bits per heavy atom. The van der Waals surface area contributed by atoms with Crippen molar-refractivity contribution in [3.8, 4) is 5.75 Å². The Kier molecular flexibility index (Phi) is 1.15. The zero-order chi connectivity index (χ0) is 20.2. The lowest BCUT2D eigenvalue weighted by molar-refractivity contribution is 0.469. The minimum absolute atomic E-state index is 0.0493. The van der Waals surface area contributed by atoms with E-state index in [9.17, 15) is 5.11 Å². The van der Waals surface area contributed by atoms with E-state index in [2.05, 4.69) is 0 Å². The number of nitrogen functional groups attached to an aromatic ring is 1. The summed E-state index contributed by atoms with van der Waals surface area (Å²) in [4.78, 5) is 0. The molecule has 0 saturated carbocycles. The van der Waals surface area contributed by atoms with Gasteiger partial charge in [-0.05, 0) is 28.0 Å². The summed E-state index contributed by atoms with van der Waals surface area (Å²) >= 11 is 0. The highest BCUT2D eigenvalue weighted by molar-refractivity contribution is 5.62. The Bertz CT molecular complexity index is 614. The number of nitrogens with two attached hydrogens (primary N) is 1. The molecule has 0 fully saturated rings. The van der Waals surface area contributed by atoms with Crippen LogP contribution < -0.4 is 5.73 Å². The molecule has 0 heterocycles. The highest BCUT2D eigenvalue weighted by Gasteiger charge is 2.23. The van der Waals surface area contributed by atoms with E-state index in [0.29, 0.717) is 0 Å². The fraction of sp³-hybridized carbons (Fsp3) is 0.571. The number of rotatable bonds is 0. The van der Waals surface area contributed by atoms with E-state index in [-0.39, 0.29) is 11.3 Å². The Morgan fingerprint density at radius 2 is 1.69 bits per heavy atom. The van der Waals surface area contributed by atoms with Gasteiger partial charge in [-0.25, -0.2) is 0 Å². The smallest absolute Gasteiger partial charge is 0.139 e. The third-order valence-electron chi connectivity index (χ3n) is 2.40. The molecule has 16 heavy (non-hydrogen) atoms. The summed E-state index contributed by atoms with van der Waals surface area (Å²) in [6.45, 7) is -4.99. The SMILES string of the molecule is [2H]C([2H])([2H])C(c1cc(O)c(N)c(C(C)(C)C)c1)(C([2H])([2H])[2H])C([2H])([2H])[2H]. The normalized spacial score (nSPS) is 23.6. The third kappa shape index (κ3) is 2.49. The Labute approximate surface area is 111 Å². The van der Waals surface area contributed by atoms with Gasteiger partial charge in [0, 0.05) is 12.3 Å². The molecule has 3 N–H and O–H groups in total. The fourth-order valence-corrected chi connectivity index (χ4v) is 1.47. The van der Waals surface area contributed by atoms with Crippen molar-refractivity contribution in [3.63, 3.8) is 0 Å². The van der Waals surface area contributed by atoms with Crippen LogP contribution in [0.3, 0.4) is 0 Å². The van der Waals surface area contributed by atoms with Gasteiger partial charge in [-0.1, -0.05) is 47.4 Å². The predicted molar refractivity (Wildman–Crippen MR) is 69.9 cm³/mol. The number of aromatic hydroxyl groups is 1. The molecule has 0 aliphatic heterocycles. The lowest BCUT2D eigenvalue weighted by Crippen LogP contribution is -2.18. The maximum Gasteiger partial charge on any atom is 0.139 e. The topological polar surface area (TPSA) is 46.2 Å². The van der Waals surface area contributed by atoms with Gasteiger partial charge in [0.1, 0.15) is 5.75 Å². The maximum atomic E-state index is 10.1. The highest BCUT2D eigenvalue weighted by atomic mass is 16.3. The first-order chi connectivity index (χ1) is 10.8. The van der Waals surface area contributed by atoms with Crippen LogP contribution in [0.2, 0.25) is 0 Å². The van der Waals surface area contributed by atoms with Crippen molar-refractivity contribution < 1.29 is 17.4 Å². The Balaban J connectivity index is 4.09. The molecule has 0 amide bonds. The zero-order valence-electron chi connectivity index (χ0n) is 18.7. The summed E-state index contributed by atoms with van der Waals surface area (Å²) in [5.74, 6) is -0.551. The summed E-state index contributed by atoms with van der Waals surface area (Å²) in [5, 5.41) is 10.1. The van der Waals surface area contributed by atoms with Gasteiger partial charge in [-0.15, -0.1) is 0 Å². The first-order valence-corrected chi connectivity index (χ1v) is 4.92. The Hall–Kier alpha value is -1.18. The van der Waals surface area contributed by atoms with Gasteiger partial charge in [0.15, 0.2) is 0 Å². The molecule has 0 unspecified atom stereocenters. The average molecular weight is 230 g/mol. The maximum absolute atomic E-state index is 10.1. The molecule has 1 rings (SSSR count). The largest absolute Gasteiger partial charge is 0.506 e. The van der Waals surface area contributed by atoms with E-state index < -0.39 is 42.7 Å². The van der Waals surface area contributed by atoms with E-state index in [0.717, 1.165) is 6.07 Å². The molecule has 0 atom stereocenters. The number of anilines is 1. The van der Waals surface area contributed by atoms with Crippen LogP contribution in [0, 0.1) is 0 Å². The molecular weight excluding hydrogens is 198 g/mol. The second-order valence-electron chi connectivity index (χ2n) is 4.96. The van der Waals surface area contributed by atoms with Gasteiger partial charge in [-0.2, -0.15) is 0 Å². The summed E-state index contributed by atoms with van der Waals surface area (Å²) in [5.41, 5.74) is 1.70. The van der Waals surface area contributed by atoms with Crippen LogP contribution >= 0.6 is 0 Å². The molecule has 0 saturated heterocycles. The van der Waals surface area contributed by atoms with Crippen LogP contribution in [-0.4, -0.2) is 5.11 Å². The van der Waals surface area contributed by atoms with E-state index in [1.807, 2.05) is 0 Å². The van der Waals surface area contributed by atoms with Crippen molar-refractivity contribution in [3.05, 3.63) is 23.3 Å². The summed E-state index contributed by atoms with van der Waals surface area (Å²) in [6, 6.07) is 2.00.